The highest BCUT2D eigenvalue weighted by Crippen LogP contribution is 2.37. The third-order valence-corrected chi connectivity index (χ3v) is 5.86. The number of rotatable bonds is 3. The summed E-state index contributed by atoms with van der Waals surface area (Å²) in [6.07, 6.45) is 0.362. The molecule has 6 heteroatoms. The van der Waals surface area contributed by atoms with Crippen molar-refractivity contribution in [2.45, 2.75) is 25.0 Å². The Hall–Kier alpha value is -2.44. The van der Waals surface area contributed by atoms with Crippen molar-refractivity contribution in [2.24, 2.45) is 0 Å². The Morgan fingerprint density at radius 2 is 1.52 bits per heavy atom. The number of fused-ring (bicyclic) bond motifs is 1. The Bertz CT molecular complexity index is 818. The maximum absolute atomic E-state index is 10.7. The predicted octanol–water partition coefficient (Wildman–Crippen LogP) is 1.76. The van der Waals surface area contributed by atoms with Crippen LogP contribution < -0.4 is 9.64 Å². The Labute approximate surface area is 159 Å². The average molecular weight is 370 g/mol. The number of aliphatic hydroxyl groups is 1. The van der Waals surface area contributed by atoms with Crippen LogP contribution in [0.5, 0.6) is 17.2 Å². The fraction of sp³-hybridized carbons (Fsp3) is 0.429. The van der Waals surface area contributed by atoms with Gasteiger partial charge in [0, 0.05) is 49.8 Å². The molecule has 1 saturated heterocycles. The van der Waals surface area contributed by atoms with Gasteiger partial charge in [-0.05, 0) is 30.7 Å². The van der Waals surface area contributed by atoms with E-state index in [1.165, 1.54) is 12.1 Å². The van der Waals surface area contributed by atoms with Gasteiger partial charge in [0.1, 0.15) is 17.2 Å². The molecule has 0 saturated carbocycles. The van der Waals surface area contributed by atoms with Crippen molar-refractivity contribution in [2.75, 3.05) is 38.2 Å². The molecule has 0 spiro atoms. The van der Waals surface area contributed by atoms with Gasteiger partial charge in [0.25, 0.3) is 0 Å². The minimum absolute atomic E-state index is 0.0509. The number of aliphatic hydroxyl groups excluding tert-OH is 1. The van der Waals surface area contributed by atoms with E-state index in [-0.39, 0.29) is 17.5 Å². The fourth-order valence-corrected chi connectivity index (χ4v) is 4.37. The molecule has 0 bridgehead atoms. The number of aromatic hydroxyl groups is 2. The van der Waals surface area contributed by atoms with Crippen LogP contribution in [0.1, 0.15) is 11.1 Å². The van der Waals surface area contributed by atoms with Crippen molar-refractivity contribution >= 4 is 5.69 Å². The fourth-order valence-electron chi connectivity index (χ4n) is 4.37. The number of hydrogen-bond donors (Lipinski definition) is 3. The summed E-state index contributed by atoms with van der Waals surface area (Å²) >= 11 is 0. The number of anilines is 1. The summed E-state index contributed by atoms with van der Waals surface area (Å²) in [6, 6.07) is 11.0. The molecule has 27 heavy (non-hydrogen) atoms. The third-order valence-electron chi connectivity index (χ3n) is 5.86. The predicted molar refractivity (Wildman–Crippen MR) is 104 cm³/mol. The van der Waals surface area contributed by atoms with Crippen molar-refractivity contribution < 1.29 is 20.1 Å². The first-order valence-electron chi connectivity index (χ1n) is 9.41. The maximum atomic E-state index is 10.7. The average Bonchev–Trinajstić information content (AvgIpc) is 2.71. The van der Waals surface area contributed by atoms with Crippen molar-refractivity contribution in [3.05, 3.63) is 47.5 Å². The second kappa shape index (κ2) is 7.29. The van der Waals surface area contributed by atoms with Gasteiger partial charge in [-0.15, -0.1) is 0 Å². The van der Waals surface area contributed by atoms with E-state index in [2.05, 4.69) is 15.9 Å². The molecule has 2 aromatic carbocycles. The van der Waals surface area contributed by atoms with Crippen LogP contribution in [0.4, 0.5) is 5.69 Å². The summed E-state index contributed by atoms with van der Waals surface area (Å²) < 4.78 is 5.48. The normalized spacial score (nSPS) is 23.1. The quantitative estimate of drug-likeness (QED) is 0.715. The van der Waals surface area contributed by atoms with E-state index >= 15 is 0 Å². The molecular formula is C21H26N2O4. The van der Waals surface area contributed by atoms with Crippen LogP contribution in [-0.2, 0) is 12.8 Å². The van der Waals surface area contributed by atoms with Crippen LogP contribution in [0.3, 0.4) is 0 Å². The molecular weight excluding hydrogens is 344 g/mol. The number of ether oxygens (including phenoxy) is 1. The minimum atomic E-state index is -0.553. The van der Waals surface area contributed by atoms with Crippen LogP contribution in [0.25, 0.3) is 0 Å². The summed E-state index contributed by atoms with van der Waals surface area (Å²) in [4.78, 5) is 4.60. The lowest BCUT2D eigenvalue weighted by molar-refractivity contribution is 0.0385. The maximum Gasteiger partial charge on any atom is 0.142 e. The molecule has 0 aromatic heterocycles. The number of para-hydroxylation sites is 2. The van der Waals surface area contributed by atoms with E-state index < -0.39 is 6.10 Å². The van der Waals surface area contributed by atoms with Crippen molar-refractivity contribution in [1.82, 2.24) is 4.90 Å². The first-order chi connectivity index (χ1) is 13.1. The summed E-state index contributed by atoms with van der Waals surface area (Å²) in [5, 5.41) is 30.9. The Morgan fingerprint density at radius 3 is 2.19 bits per heavy atom. The Kier molecular flexibility index (Phi) is 4.85. The number of piperazine rings is 1. The summed E-state index contributed by atoms with van der Waals surface area (Å²) in [7, 11) is 1.69. The summed E-state index contributed by atoms with van der Waals surface area (Å²) in [6.45, 7) is 3.36. The van der Waals surface area contributed by atoms with Crippen LogP contribution in [0, 0.1) is 0 Å². The molecule has 3 N–H and O–H groups in total. The van der Waals surface area contributed by atoms with Crippen LogP contribution in [0.2, 0.25) is 0 Å². The van der Waals surface area contributed by atoms with Gasteiger partial charge in [-0.25, -0.2) is 0 Å². The molecule has 0 radical (unpaired) electrons. The molecule has 2 aliphatic rings. The lowest BCUT2D eigenvalue weighted by Gasteiger charge is -2.44. The van der Waals surface area contributed by atoms with Crippen LogP contribution in [-0.4, -0.2) is 65.7 Å². The topological polar surface area (TPSA) is 76.4 Å². The SMILES string of the molecule is COc1ccccc1N1CCN([C@@H]2Cc3c(O)ccc(O)c3C[C@H]2O)CC1. The summed E-state index contributed by atoms with van der Waals surface area (Å²) in [5.41, 5.74) is 2.53. The lowest BCUT2D eigenvalue weighted by atomic mass is 9.84. The molecule has 1 heterocycles. The highest BCUT2D eigenvalue weighted by molar-refractivity contribution is 5.58. The standard InChI is InChI=1S/C21H26N2O4/c1-27-21-5-3-2-4-16(21)22-8-10-23(11-9-22)17-12-14-15(13-20(17)26)19(25)7-6-18(14)24/h2-7,17,20,24-26H,8-13H2,1H3/t17-,20-/m1/s1. The molecule has 4 rings (SSSR count). The molecule has 2 aromatic rings. The molecule has 1 aliphatic heterocycles. The number of methoxy groups -OCH3 is 1. The van der Waals surface area contributed by atoms with Crippen molar-refractivity contribution in [1.29, 1.82) is 0 Å². The van der Waals surface area contributed by atoms with Gasteiger partial charge < -0.3 is 25.0 Å². The van der Waals surface area contributed by atoms with Crippen molar-refractivity contribution in [3.63, 3.8) is 0 Å². The molecule has 1 fully saturated rings. The van der Waals surface area contributed by atoms with E-state index in [0.29, 0.717) is 18.4 Å². The van der Waals surface area contributed by atoms with E-state index in [9.17, 15) is 15.3 Å². The number of nitrogens with zero attached hydrogens (tertiary/aromatic N) is 2. The van der Waals surface area contributed by atoms with Gasteiger partial charge in [-0.2, -0.15) is 0 Å². The second-order valence-corrected chi connectivity index (χ2v) is 7.30. The van der Waals surface area contributed by atoms with E-state index in [1.54, 1.807) is 7.11 Å². The molecule has 0 amide bonds. The molecule has 1 aliphatic carbocycles. The highest BCUT2D eigenvalue weighted by atomic mass is 16.5. The zero-order valence-corrected chi connectivity index (χ0v) is 15.5. The number of phenolic OH excluding ortho intramolecular Hbond substituents is 2. The van der Waals surface area contributed by atoms with Crippen LogP contribution >= 0.6 is 0 Å². The minimum Gasteiger partial charge on any atom is -0.508 e. The van der Waals surface area contributed by atoms with Crippen molar-refractivity contribution in [3.8, 4) is 17.2 Å². The second-order valence-electron chi connectivity index (χ2n) is 7.30. The van der Waals surface area contributed by atoms with Gasteiger partial charge >= 0.3 is 0 Å². The molecule has 144 valence electrons. The van der Waals surface area contributed by atoms with Gasteiger partial charge in [0.05, 0.1) is 18.9 Å². The smallest absolute Gasteiger partial charge is 0.142 e. The zero-order chi connectivity index (χ0) is 19.0. The number of hydrogen-bond acceptors (Lipinski definition) is 6. The largest absolute Gasteiger partial charge is 0.508 e. The number of phenols is 2. The van der Waals surface area contributed by atoms with Gasteiger partial charge in [-0.1, -0.05) is 12.1 Å². The Balaban J connectivity index is 1.48. The van der Waals surface area contributed by atoms with E-state index in [1.807, 2.05) is 18.2 Å². The molecule has 2 atom stereocenters. The van der Waals surface area contributed by atoms with Crippen LogP contribution in [0.15, 0.2) is 36.4 Å². The highest BCUT2D eigenvalue weighted by Gasteiger charge is 2.35. The molecule has 0 unspecified atom stereocenters. The first-order valence-corrected chi connectivity index (χ1v) is 9.41. The zero-order valence-electron chi connectivity index (χ0n) is 15.5. The first kappa shape index (κ1) is 17.9. The van der Waals surface area contributed by atoms with E-state index in [4.69, 9.17) is 4.74 Å². The van der Waals surface area contributed by atoms with Gasteiger partial charge in [-0.3, -0.25) is 4.90 Å². The number of benzene rings is 2. The lowest BCUT2D eigenvalue weighted by Crippen LogP contribution is -2.56. The summed E-state index contributed by atoms with van der Waals surface area (Å²) in [5.74, 6) is 1.23. The molecule has 6 nitrogen and oxygen atoms in total. The van der Waals surface area contributed by atoms with Gasteiger partial charge in [0.2, 0.25) is 0 Å². The van der Waals surface area contributed by atoms with Gasteiger partial charge in [0.15, 0.2) is 0 Å². The monoisotopic (exact) mass is 370 g/mol. The third kappa shape index (κ3) is 3.31. The van der Waals surface area contributed by atoms with E-state index in [0.717, 1.165) is 43.2 Å². The Morgan fingerprint density at radius 1 is 0.889 bits per heavy atom.